The molecule has 3 aliphatic rings. The fourth-order valence-electron chi connectivity index (χ4n) is 3.98. The van der Waals surface area contributed by atoms with E-state index in [2.05, 4.69) is 32.1 Å². The number of hydrogen-bond donors (Lipinski definition) is 3. The number of hydrogen-bond acceptors (Lipinski definition) is 6. The van der Waals surface area contributed by atoms with Crippen LogP contribution in [0.15, 0.2) is 6.33 Å². The van der Waals surface area contributed by atoms with Gasteiger partial charge in [0, 0.05) is 5.92 Å². The van der Waals surface area contributed by atoms with Gasteiger partial charge in [0.2, 0.25) is 5.82 Å². The van der Waals surface area contributed by atoms with Gasteiger partial charge >= 0.3 is 0 Å². The molecule has 2 aromatic heterocycles. The zero-order valence-electron chi connectivity index (χ0n) is 14.4. The highest BCUT2D eigenvalue weighted by atomic mass is 19.3. The molecule has 5 atom stereocenters. The first-order chi connectivity index (χ1) is 13.0. The van der Waals surface area contributed by atoms with E-state index < -0.39 is 25.2 Å². The third kappa shape index (κ3) is 2.93. The number of nitrogens with zero attached hydrogens (tertiary/aromatic N) is 4. The van der Waals surface area contributed by atoms with E-state index in [1.807, 2.05) is 0 Å². The largest absolute Gasteiger partial charge is 0.390 e. The Morgan fingerprint density at radius 1 is 1.22 bits per heavy atom. The predicted molar refractivity (Wildman–Crippen MR) is 92.1 cm³/mol. The highest BCUT2D eigenvalue weighted by Gasteiger charge is 2.60. The van der Waals surface area contributed by atoms with Crippen LogP contribution in [0.1, 0.15) is 31.1 Å². The van der Waals surface area contributed by atoms with E-state index in [-0.39, 0.29) is 29.5 Å². The maximum atomic E-state index is 12.7. The minimum absolute atomic E-state index is 0.0924. The number of aliphatic hydroxyl groups excluding tert-OH is 2. The minimum Gasteiger partial charge on any atom is -0.390 e. The van der Waals surface area contributed by atoms with E-state index >= 15 is 0 Å². The minimum atomic E-state index is -2.53. The summed E-state index contributed by atoms with van der Waals surface area (Å²) < 4.78 is 27.1. The molecule has 9 heteroatoms. The van der Waals surface area contributed by atoms with E-state index in [1.54, 1.807) is 4.57 Å². The van der Waals surface area contributed by atoms with Gasteiger partial charge in [-0.1, -0.05) is 5.92 Å². The zero-order chi connectivity index (χ0) is 18.7. The lowest BCUT2D eigenvalue weighted by atomic mass is 10.1. The van der Waals surface area contributed by atoms with Crippen molar-refractivity contribution in [2.75, 3.05) is 11.9 Å². The average Bonchev–Trinajstić information content (AvgIpc) is 3.55. The van der Waals surface area contributed by atoms with Crippen molar-refractivity contribution in [2.24, 2.45) is 17.8 Å². The maximum absolute atomic E-state index is 12.7. The Balaban J connectivity index is 1.57. The highest BCUT2D eigenvalue weighted by Crippen LogP contribution is 2.57. The third-order valence-electron chi connectivity index (χ3n) is 5.60. The van der Waals surface area contributed by atoms with Crippen LogP contribution in [0.4, 0.5) is 14.6 Å². The number of rotatable bonds is 4. The Morgan fingerprint density at radius 3 is 2.70 bits per heavy atom. The van der Waals surface area contributed by atoms with Crippen LogP contribution >= 0.6 is 0 Å². The van der Waals surface area contributed by atoms with Crippen LogP contribution in [0.2, 0.25) is 0 Å². The summed E-state index contributed by atoms with van der Waals surface area (Å²) >= 11 is 0. The van der Waals surface area contributed by atoms with Gasteiger partial charge in [0.15, 0.2) is 17.0 Å². The van der Waals surface area contributed by atoms with Gasteiger partial charge in [0.25, 0.3) is 6.43 Å². The number of alkyl halides is 2. The fraction of sp³-hybridized carbons (Fsp3) is 0.611. The normalized spacial score (nSPS) is 31.7. The van der Waals surface area contributed by atoms with Crippen molar-refractivity contribution in [3.8, 4) is 11.8 Å². The quantitative estimate of drug-likeness (QED) is 0.695. The van der Waals surface area contributed by atoms with E-state index in [9.17, 15) is 19.0 Å². The van der Waals surface area contributed by atoms with Crippen LogP contribution in [-0.2, 0) is 0 Å². The molecule has 2 heterocycles. The van der Waals surface area contributed by atoms with E-state index in [4.69, 9.17) is 0 Å². The van der Waals surface area contributed by atoms with Crippen LogP contribution in [0.5, 0.6) is 0 Å². The van der Waals surface area contributed by atoms with Gasteiger partial charge in [-0.25, -0.2) is 23.7 Å². The summed E-state index contributed by atoms with van der Waals surface area (Å²) in [5.74, 6) is 7.06. The molecule has 0 spiro atoms. The molecule has 0 amide bonds. The predicted octanol–water partition coefficient (Wildman–Crippen LogP) is 1.18. The second-order valence-corrected chi connectivity index (χ2v) is 7.57. The van der Waals surface area contributed by atoms with Gasteiger partial charge < -0.3 is 20.1 Å². The van der Waals surface area contributed by atoms with E-state index in [0.717, 1.165) is 19.3 Å². The van der Waals surface area contributed by atoms with Gasteiger partial charge in [-0.3, -0.25) is 0 Å². The Kier molecular flexibility index (Phi) is 3.81. The second kappa shape index (κ2) is 6.11. The molecule has 0 bridgehead atoms. The number of fused-ring (bicyclic) bond motifs is 2. The number of halogens is 2. The molecule has 3 aliphatic carbocycles. The summed E-state index contributed by atoms with van der Waals surface area (Å²) in [4.78, 5) is 13.0. The molecule has 3 fully saturated rings. The van der Waals surface area contributed by atoms with Crippen molar-refractivity contribution in [3.63, 3.8) is 0 Å². The Labute approximate surface area is 153 Å². The van der Waals surface area contributed by atoms with Crippen molar-refractivity contribution >= 4 is 17.0 Å². The Morgan fingerprint density at radius 2 is 2.04 bits per heavy atom. The molecule has 0 radical (unpaired) electrons. The molecule has 0 aliphatic heterocycles. The van der Waals surface area contributed by atoms with Crippen LogP contribution in [0, 0.1) is 29.6 Å². The number of anilines is 1. The molecule has 3 saturated carbocycles. The molecule has 0 aromatic carbocycles. The summed E-state index contributed by atoms with van der Waals surface area (Å²) in [6, 6.07) is -0.336. The second-order valence-electron chi connectivity index (χ2n) is 7.57. The Hall–Kier alpha value is -2.31. The smallest absolute Gasteiger partial charge is 0.255 e. The number of nitrogens with one attached hydrogen (secondary N) is 1. The molecule has 0 unspecified atom stereocenters. The van der Waals surface area contributed by atoms with Crippen molar-refractivity contribution in [3.05, 3.63) is 12.2 Å². The maximum Gasteiger partial charge on any atom is 0.255 e. The van der Waals surface area contributed by atoms with Crippen molar-refractivity contribution in [2.45, 2.75) is 43.9 Å². The lowest BCUT2D eigenvalue weighted by molar-refractivity contribution is 0.00386. The standard InChI is InChI=1S/C18H19F2N5O2/c19-11(20)6-21-17-13-18(24-12(23-17)4-3-8-1-2-8)25(7-22-13)14-9-5-10(9)15(26)16(14)27/h7-11,14-16,26-27H,1-2,5-6H2,(H,21,23,24)/t9-,10+,14+,15+,16-/m0/s1. The summed E-state index contributed by atoms with van der Waals surface area (Å²) in [7, 11) is 0. The van der Waals surface area contributed by atoms with Crippen LogP contribution in [0.3, 0.4) is 0 Å². The number of aromatic nitrogens is 4. The Bertz CT molecular complexity index is 948. The molecule has 0 saturated heterocycles. The van der Waals surface area contributed by atoms with Crippen LogP contribution in [0.25, 0.3) is 11.2 Å². The highest BCUT2D eigenvalue weighted by molar-refractivity contribution is 5.83. The topological polar surface area (TPSA) is 96.1 Å². The first-order valence-corrected chi connectivity index (χ1v) is 9.17. The first kappa shape index (κ1) is 16.8. The molecule has 3 N–H and O–H groups in total. The van der Waals surface area contributed by atoms with Gasteiger partial charge in [0.1, 0.15) is 6.10 Å². The van der Waals surface area contributed by atoms with Crippen molar-refractivity contribution < 1.29 is 19.0 Å². The van der Waals surface area contributed by atoms with E-state index in [1.165, 1.54) is 6.33 Å². The summed E-state index contributed by atoms with van der Waals surface area (Å²) in [6.07, 6.45) is 0.296. The lowest BCUT2D eigenvalue weighted by Crippen LogP contribution is -2.31. The van der Waals surface area contributed by atoms with Gasteiger partial charge in [0.05, 0.1) is 25.0 Å². The zero-order valence-corrected chi connectivity index (χ0v) is 14.4. The molecular weight excluding hydrogens is 356 g/mol. The molecular formula is C18H19F2N5O2. The van der Waals surface area contributed by atoms with Gasteiger partial charge in [-0.2, -0.15) is 0 Å². The lowest BCUT2D eigenvalue weighted by Gasteiger charge is -2.22. The SMILES string of the molecule is O[C@@H]1[C@H](O)[C@@H]2C[C@@H]2[C@H]1n1cnc2c(NCC(F)F)nc(C#CC3CC3)nc21. The number of imidazole rings is 1. The fourth-order valence-corrected chi connectivity index (χ4v) is 3.98. The third-order valence-corrected chi connectivity index (χ3v) is 5.60. The van der Waals surface area contributed by atoms with E-state index in [0.29, 0.717) is 17.1 Å². The molecule has 142 valence electrons. The summed E-state index contributed by atoms with van der Waals surface area (Å²) in [5, 5.41) is 23.1. The number of aliphatic hydroxyl groups is 2. The van der Waals surface area contributed by atoms with Crippen molar-refractivity contribution in [1.82, 2.24) is 19.5 Å². The molecule has 5 rings (SSSR count). The molecule has 7 nitrogen and oxygen atoms in total. The van der Waals surface area contributed by atoms with Crippen LogP contribution in [-0.4, -0.2) is 54.9 Å². The van der Waals surface area contributed by atoms with Gasteiger partial charge in [-0.05, 0) is 37.0 Å². The average molecular weight is 375 g/mol. The first-order valence-electron chi connectivity index (χ1n) is 9.17. The van der Waals surface area contributed by atoms with Crippen LogP contribution < -0.4 is 5.32 Å². The summed E-state index contributed by atoms with van der Waals surface area (Å²) in [6.45, 7) is -0.552. The van der Waals surface area contributed by atoms with Gasteiger partial charge in [-0.15, -0.1) is 0 Å². The molecule has 2 aromatic rings. The monoisotopic (exact) mass is 375 g/mol. The van der Waals surface area contributed by atoms with Crippen molar-refractivity contribution in [1.29, 1.82) is 0 Å². The molecule has 27 heavy (non-hydrogen) atoms. The summed E-state index contributed by atoms with van der Waals surface area (Å²) in [5.41, 5.74) is 0.795.